The predicted molar refractivity (Wildman–Crippen MR) is 79.2 cm³/mol. The maximum absolute atomic E-state index is 9.77. The van der Waals surface area contributed by atoms with Gasteiger partial charge in [0.15, 0.2) is 0 Å². The highest BCUT2D eigenvalue weighted by atomic mass is 16.3. The van der Waals surface area contributed by atoms with E-state index in [9.17, 15) is 5.11 Å². The van der Waals surface area contributed by atoms with Crippen molar-refractivity contribution in [1.82, 2.24) is 10.2 Å². The average Bonchev–Trinajstić information content (AvgIpc) is 2.42. The third kappa shape index (κ3) is 3.35. The molecule has 1 heterocycles. The Balaban J connectivity index is 2.30. The largest absolute Gasteiger partial charge is 0.396 e. The molecule has 1 saturated heterocycles. The van der Waals surface area contributed by atoms with Gasteiger partial charge >= 0.3 is 0 Å². The Labute approximate surface area is 116 Å². The molecule has 1 atom stereocenters. The molecule has 2 rings (SSSR count). The molecule has 1 fully saturated rings. The Kier molecular flexibility index (Phi) is 4.61. The Morgan fingerprint density at radius 3 is 2.32 bits per heavy atom. The molecular formula is C16H26N2O. The van der Waals surface area contributed by atoms with Crippen LogP contribution >= 0.6 is 0 Å². The average molecular weight is 262 g/mol. The second kappa shape index (κ2) is 6.04. The van der Waals surface area contributed by atoms with E-state index in [0.717, 1.165) is 26.2 Å². The molecule has 0 aromatic heterocycles. The third-order valence-electron chi connectivity index (χ3n) is 4.06. The number of rotatable bonds is 4. The van der Waals surface area contributed by atoms with E-state index in [-0.39, 0.29) is 18.1 Å². The molecule has 0 radical (unpaired) electrons. The molecule has 1 aromatic carbocycles. The standard InChI is InChI=1S/C16H26N2O/c1-13-4-6-14(7-5-13)15(16(2,3)12-19)18-10-8-17-9-11-18/h4-7,15,17,19H,8-12H2,1-3H3/t15-/m0/s1. The fourth-order valence-electron chi connectivity index (χ4n) is 2.93. The maximum atomic E-state index is 9.77. The molecule has 1 aliphatic heterocycles. The molecule has 0 spiro atoms. The zero-order valence-electron chi connectivity index (χ0n) is 12.3. The molecule has 3 nitrogen and oxygen atoms in total. The Morgan fingerprint density at radius 2 is 1.79 bits per heavy atom. The van der Waals surface area contributed by atoms with Crippen molar-refractivity contribution >= 4 is 0 Å². The van der Waals surface area contributed by atoms with Gasteiger partial charge in [-0.25, -0.2) is 0 Å². The molecule has 0 amide bonds. The van der Waals surface area contributed by atoms with Gasteiger partial charge in [0.05, 0.1) is 0 Å². The second-order valence-electron chi connectivity index (χ2n) is 6.25. The Morgan fingerprint density at radius 1 is 1.21 bits per heavy atom. The summed E-state index contributed by atoms with van der Waals surface area (Å²) in [6, 6.07) is 9.02. The second-order valence-corrected chi connectivity index (χ2v) is 6.25. The van der Waals surface area contributed by atoms with E-state index in [1.54, 1.807) is 0 Å². The number of hydrogen-bond donors (Lipinski definition) is 2. The summed E-state index contributed by atoms with van der Waals surface area (Å²) in [7, 11) is 0. The van der Waals surface area contributed by atoms with E-state index in [0.29, 0.717) is 0 Å². The maximum Gasteiger partial charge on any atom is 0.0500 e. The fourth-order valence-corrected chi connectivity index (χ4v) is 2.93. The summed E-state index contributed by atoms with van der Waals surface area (Å²) in [5, 5.41) is 13.2. The van der Waals surface area contributed by atoms with Crippen molar-refractivity contribution in [3.8, 4) is 0 Å². The number of nitrogens with zero attached hydrogens (tertiary/aromatic N) is 1. The van der Waals surface area contributed by atoms with Crippen LogP contribution in [0.4, 0.5) is 0 Å². The summed E-state index contributed by atoms with van der Waals surface area (Å²) in [4.78, 5) is 2.50. The van der Waals surface area contributed by atoms with Crippen LogP contribution in [0.2, 0.25) is 0 Å². The zero-order valence-corrected chi connectivity index (χ0v) is 12.3. The lowest BCUT2D eigenvalue weighted by atomic mass is 9.79. The summed E-state index contributed by atoms with van der Waals surface area (Å²) >= 11 is 0. The van der Waals surface area contributed by atoms with Crippen molar-refractivity contribution < 1.29 is 5.11 Å². The molecule has 3 heteroatoms. The number of hydrogen-bond acceptors (Lipinski definition) is 3. The van der Waals surface area contributed by atoms with Crippen LogP contribution < -0.4 is 5.32 Å². The lowest BCUT2D eigenvalue weighted by Gasteiger charge is -2.43. The summed E-state index contributed by atoms with van der Waals surface area (Å²) in [6.07, 6.45) is 0. The van der Waals surface area contributed by atoms with E-state index < -0.39 is 0 Å². The molecule has 1 aliphatic rings. The first-order valence-corrected chi connectivity index (χ1v) is 7.17. The van der Waals surface area contributed by atoms with Crippen molar-refractivity contribution in [2.75, 3.05) is 32.8 Å². The first-order chi connectivity index (χ1) is 9.04. The number of benzene rings is 1. The van der Waals surface area contributed by atoms with Crippen molar-refractivity contribution in [1.29, 1.82) is 0 Å². The van der Waals surface area contributed by atoms with E-state index in [2.05, 4.69) is 55.3 Å². The Hall–Kier alpha value is -0.900. The highest BCUT2D eigenvalue weighted by molar-refractivity contribution is 5.26. The fraction of sp³-hybridized carbons (Fsp3) is 0.625. The Bertz CT molecular complexity index is 394. The molecule has 0 unspecified atom stereocenters. The van der Waals surface area contributed by atoms with Crippen molar-refractivity contribution in [2.45, 2.75) is 26.8 Å². The predicted octanol–water partition coefficient (Wildman–Crippen LogP) is 1.96. The van der Waals surface area contributed by atoms with Crippen LogP contribution in [-0.4, -0.2) is 42.8 Å². The first-order valence-electron chi connectivity index (χ1n) is 7.17. The van der Waals surface area contributed by atoms with Gasteiger partial charge in [-0.1, -0.05) is 43.7 Å². The molecule has 0 saturated carbocycles. The molecule has 0 bridgehead atoms. The molecular weight excluding hydrogens is 236 g/mol. The third-order valence-corrected chi connectivity index (χ3v) is 4.06. The lowest BCUT2D eigenvalue weighted by Crippen LogP contribution is -2.49. The molecule has 106 valence electrons. The van der Waals surface area contributed by atoms with Crippen LogP contribution in [0.3, 0.4) is 0 Å². The molecule has 19 heavy (non-hydrogen) atoms. The molecule has 0 aliphatic carbocycles. The smallest absolute Gasteiger partial charge is 0.0500 e. The van der Waals surface area contributed by atoms with Gasteiger partial charge in [0.1, 0.15) is 0 Å². The van der Waals surface area contributed by atoms with Crippen LogP contribution in [0.25, 0.3) is 0 Å². The summed E-state index contributed by atoms with van der Waals surface area (Å²) in [5.74, 6) is 0. The van der Waals surface area contributed by atoms with E-state index in [4.69, 9.17) is 0 Å². The quantitative estimate of drug-likeness (QED) is 0.871. The summed E-state index contributed by atoms with van der Waals surface area (Å²) in [6.45, 7) is 10.8. The number of piperazine rings is 1. The number of aliphatic hydroxyl groups is 1. The van der Waals surface area contributed by atoms with Gasteiger partial charge in [0.25, 0.3) is 0 Å². The minimum Gasteiger partial charge on any atom is -0.396 e. The van der Waals surface area contributed by atoms with Crippen LogP contribution in [0, 0.1) is 12.3 Å². The van der Waals surface area contributed by atoms with Gasteiger partial charge in [-0.05, 0) is 12.5 Å². The zero-order chi connectivity index (χ0) is 13.9. The minimum atomic E-state index is -0.132. The normalized spacial score (nSPS) is 19.4. The van der Waals surface area contributed by atoms with Gasteiger partial charge < -0.3 is 10.4 Å². The minimum absolute atomic E-state index is 0.132. The first kappa shape index (κ1) is 14.5. The van der Waals surface area contributed by atoms with Crippen molar-refractivity contribution in [2.24, 2.45) is 5.41 Å². The monoisotopic (exact) mass is 262 g/mol. The number of nitrogens with one attached hydrogen (secondary N) is 1. The van der Waals surface area contributed by atoms with Gasteiger partial charge in [-0.2, -0.15) is 0 Å². The van der Waals surface area contributed by atoms with Gasteiger partial charge in [0, 0.05) is 44.2 Å². The van der Waals surface area contributed by atoms with Gasteiger partial charge in [-0.3, -0.25) is 4.90 Å². The van der Waals surface area contributed by atoms with E-state index in [1.807, 2.05) is 0 Å². The SMILES string of the molecule is Cc1ccc([C@H](N2CCNCC2)C(C)(C)CO)cc1. The highest BCUT2D eigenvalue weighted by Gasteiger charge is 2.35. The van der Waals surface area contributed by atoms with Crippen molar-refractivity contribution in [3.05, 3.63) is 35.4 Å². The highest BCUT2D eigenvalue weighted by Crippen LogP contribution is 2.38. The van der Waals surface area contributed by atoms with Crippen molar-refractivity contribution in [3.63, 3.8) is 0 Å². The summed E-state index contributed by atoms with van der Waals surface area (Å²) < 4.78 is 0. The van der Waals surface area contributed by atoms with Crippen LogP contribution in [0.5, 0.6) is 0 Å². The van der Waals surface area contributed by atoms with Crippen LogP contribution in [0.15, 0.2) is 24.3 Å². The van der Waals surface area contributed by atoms with Crippen LogP contribution in [-0.2, 0) is 0 Å². The summed E-state index contributed by atoms with van der Waals surface area (Å²) in [5.41, 5.74) is 2.46. The van der Waals surface area contributed by atoms with E-state index >= 15 is 0 Å². The topological polar surface area (TPSA) is 35.5 Å². The van der Waals surface area contributed by atoms with E-state index in [1.165, 1.54) is 11.1 Å². The number of aliphatic hydroxyl groups excluding tert-OH is 1. The van der Waals surface area contributed by atoms with Gasteiger partial charge in [0.2, 0.25) is 0 Å². The van der Waals surface area contributed by atoms with Crippen LogP contribution in [0.1, 0.15) is 31.0 Å². The number of aryl methyl sites for hydroxylation is 1. The molecule has 1 aromatic rings. The van der Waals surface area contributed by atoms with Gasteiger partial charge in [-0.15, -0.1) is 0 Å². The molecule has 2 N–H and O–H groups in total. The lowest BCUT2D eigenvalue weighted by molar-refractivity contribution is 0.0305.